The molecule has 0 atom stereocenters. The van der Waals surface area contributed by atoms with E-state index in [1.165, 1.54) is 0 Å². The van der Waals surface area contributed by atoms with E-state index in [1.54, 1.807) is 29.5 Å². The molecule has 0 saturated heterocycles. The van der Waals surface area contributed by atoms with Gasteiger partial charge in [0, 0.05) is 10.2 Å². The number of carbonyl (C=O) groups excluding carboxylic acids is 1. The van der Waals surface area contributed by atoms with Crippen LogP contribution in [0.3, 0.4) is 0 Å². The molecule has 4 nitrogen and oxygen atoms in total. The third-order valence-electron chi connectivity index (χ3n) is 3.03. The summed E-state index contributed by atoms with van der Waals surface area (Å²) >= 11 is 11.0. The van der Waals surface area contributed by atoms with Crippen molar-refractivity contribution in [1.82, 2.24) is 4.98 Å². The molecule has 7 heteroatoms. The topological polar surface area (TPSA) is 51.2 Å². The van der Waals surface area contributed by atoms with Gasteiger partial charge in [-0.15, -0.1) is 11.3 Å². The largest absolute Gasteiger partial charge is 0.482 e. The highest BCUT2D eigenvalue weighted by molar-refractivity contribution is 9.10. The van der Waals surface area contributed by atoms with Crippen molar-refractivity contribution in [3.8, 4) is 5.75 Å². The SMILES string of the molecule is Cc1nc2ccc(NC(=O)COc3ccc(Br)cc3Cl)cc2s1. The zero-order valence-electron chi connectivity index (χ0n) is 12.1. The molecule has 2 aromatic carbocycles. The zero-order chi connectivity index (χ0) is 16.4. The Labute approximate surface area is 150 Å². The van der Waals surface area contributed by atoms with E-state index in [4.69, 9.17) is 16.3 Å². The normalized spacial score (nSPS) is 10.7. The average Bonchev–Trinajstić information content (AvgIpc) is 2.85. The molecule has 0 spiro atoms. The highest BCUT2D eigenvalue weighted by atomic mass is 79.9. The minimum Gasteiger partial charge on any atom is -0.482 e. The van der Waals surface area contributed by atoms with Crippen molar-refractivity contribution in [2.45, 2.75) is 6.92 Å². The average molecular weight is 412 g/mol. The molecule has 1 N–H and O–H groups in total. The molecule has 118 valence electrons. The Morgan fingerprint density at radius 2 is 2.17 bits per heavy atom. The fraction of sp³-hybridized carbons (Fsp3) is 0.125. The molecule has 1 aromatic heterocycles. The van der Waals surface area contributed by atoms with Gasteiger partial charge in [0.2, 0.25) is 0 Å². The van der Waals surface area contributed by atoms with Crippen molar-refractivity contribution < 1.29 is 9.53 Å². The number of amides is 1. The van der Waals surface area contributed by atoms with E-state index in [2.05, 4.69) is 26.2 Å². The second-order valence-corrected chi connectivity index (χ2v) is 7.38. The van der Waals surface area contributed by atoms with E-state index in [0.717, 1.165) is 25.4 Å². The predicted molar refractivity (Wildman–Crippen MR) is 97.6 cm³/mol. The van der Waals surface area contributed by atoms with Crippen LogP contribution in [0.15, 0.2) is 40.9 Å². The molecule has 3 aromatic rings. The Balaban J connectivity index is 1.63. The van der Waals surface area contributed by atoms with E-state index in [1.807, 2.05) is 25.1 Å². The number of anilines is 1. The number of benzene rings is 2. The lowest BCUT2D eigenvalue weighted by atomic mass is 10.3. The highest BCUT2D eigenvalue weighted by Crippen LogP contribution is 2.28. The van der Waals surface area contributed by atoms with E-state index < -0.39 is 0 Å². The number of fused-ring (bicyclic) bond motifs is 1. The van der Waals surface area contributed by atoms with Crippen LogP contribution < -0.4 is 10.1 Å². The third-order valence-corrected chi connectivity index (χ3v) is 4.75. The quantitative estimate of drug-likeness (QED) is 0.654. The Bertz CT molecular complexity index is 882. The van der Waals surface area contributed by atoms with Gasteiger partial charge in [-0.25, -0.2) is 4.98 Å². The first-order chi connectivity index (χ1) is 11.0. The van der Waals surface area contributed by atoms with Gasteiger partial charge in [0.25, 0.3) is 5.91 Å². The summed E-state index contributed by atoms with van der Waals surface area (Å²) in [6.07, 6.45) is 0. The van der Waals surface area contributed by atoms with Gasteiger partial charge in [0.1, 0.15) is 5.75 Å². The van der Waals surface area contributed by atoms with Crippen LogP contribution in [0.2, 0.25) is 5.02 Å². The van der Waals surface area contributed by atoms with Crippen LogP contribution in [0.1, 0.15) is 5.01 Å². The summed E-state index contributed by atoms with van der Waals surface area (Å²) in [5.41, 5.74) is 1.65. The number of halogens is 2. The summed E-state index contributed by atoms with van der Waals surface area (Å²) in [6.45, 7) is 1.85. The first kappa shape index (κ1) is 16.2. The molecule has 3 rings (SSSR count). The van der Waals surface area contributed by atoms with Crippen molar-refractivity contribution in [1.29, 1.82) is 0 Å². The molecule has 1 amide bonds. The van der Waals surface area contributed by atoms with E-state index in [-0.39, 0.29) is 12.5 Å². The van der Waals surface area contributed by atoms with E-state index >= 15 is 0 Å². The molecule has 0 saturated carbocycles. The number of carbonyl (C=O) groups is 1. The molecular formula is C16H12BrClN2O2S. The number of hydrogen-bond acceptors (Lipinski definition) is 4. The van der Waals surface area contributed by atoms with Crippen LogP contribution in [0.5, 0.6) is 5.75 Å². The molecular weight excluding hydrogens is 400 g/mol. The monoisotopic (exact) mass is 410 g/mol. The van der Waals surface area contributed by atoms with Crippen LogP contribution in [0.4, 0.5) is 5.69 Å². The lowest BCUT2D eigenvalue weighted by Crippen LogP contribution is -2.20. The standard InChI is InChI=1S/C16H12BrClN2O2S/c1-9-19-13-4-3-11(7-15(13)23-9)20-16(21)8-22-14-5-2-10(17)6-12(14)18/h2-7H,8H2,1H3,(H,20,21). The summed E-state index contributed by atoms with van der Waals surface area (Å²) in [4.78, 5) is 16.4. The fourth-order valence-electron chi connectivity index (χ4n) is 2.05. The summed E-state index contributed by atoms with van der Waals surface area (Å²) in [5.74, 6) is 0.225. The summed E-state index contributed by atoms with van der Waals surface area (Å²) in [7, 11) is 0. The molecule has 23 heavy (non-hydrogen) atoms. The maximum absolute atomic E-state index is 12.0. The molecule has 0 fully saturated rings. The van der Waals surface area contributed by atoms with Crippen molar-refractivity contribution in [3.05, 3.63) is 50.9 Å². The van der Waals surface area contributed by atoms with Gasteiger partial charge >= 0.3 is 0 Å². The van der Waals surface area contributed by atoms with Gasteiger partial charge in [-0.05, 0) is 43.3 Å². The first-order valence-electron chi connectivity index (χ1n) is 6.76. The number of nitrogens with one attached hydrogen (secondary N) is 1. The fourth-order valence-corrected chi connectivity index (χ4v) is 3.64. The Kier molecular flexibility index (Phi) is 4.84. The summed E-state index contributed by atoms with van der Waals surface area (Å²) in [6, 6.07) is 10.9. The van der Waals surface area contributed by atoms with Gasteiger partial charge in [-0.2, -0.15) is 0 Å². The smallest absolute Gasteiger partial charge is 0.262 e. The Morgan fingerprint density at radius 1 is 1.35 bits per heavy atom. The maximum atomic E-state index is 12.0. The lowest BCUT2D eigenvalue weighted by Gasteiger charge is -2.09. The number of hydrogen-bond donors (Lipinski definition) is 1. The molecule has 0 radical (unpaired) electrons. The van der Waals surface area contributed by atoms with Crippen molar-refractivity contribution in [2.24, 2.45) is 0 Å². The van der Waals surface area contributed by atoms with Gasteiger partial charge in [0.05, 0.1) is 20.2 Å². The minimum absolute atomic E-state index is 0.110. The van der Waals surface area contributed by atoms with Gasteiger partial charge in [-0.3, -0.25) is 4.79 Å². The van der Waals surface area contributed by atoms with E-state index in [9.17, 15) is 4.79 Å². The van der Waals surface area contributed by atoms with Crippen LogP contribution in [-0.2, 0) is 4.79 Å². The molecule has 0 unspecified atom stereocenters. The Morgan fingerprint density at radius 3 is 2.96 bits per heavy atom. The molecule has 0 aliphatic heterocycles. The van der Waals surface area contributed by atoms with Crippen molar-refractivity contribution in [2.75, 3.05) is 11.9 Å². The second kappa shape index (κ2) is 6.86. The van der Waals surface area contributed by atoms with Crippen LogP contribution in [-0.4, -0.2) is 17.5 Å². The maximum Gasteiger partial charge on any atom is 0.262 e. The van der Waals surface area contributed by atoms with Crippen molar-refractivity contribution in [3.63, 3.8) is 0 Å². The number of nitrogens with zero attached hydrogens (tertiary/aromatic N) is 1. The second-order valence-electron chi connectivity index (χ2n) is 4.83. The van der Waals surface area contributed by atoms with Crippen LogP contribution in [0, 0.1) is 6.92 Å². The van der Waals surface area contributed by atoms with Gasteiger partial charge in [-0.1, -0.05) is 27.5 Å². The van der Waals surface area contributed by atoms with Crippen molar-refractivity contribution >= 4 is 60.7 Å². The van der Waals surface area contributed by atoms with Crippen LogP contribution >= 0.6 is 38.9 Å². The zero-order valence-corrected chi connectivity index (χ0v) is 15.3. The Hall–Kier alpha value is -1.63. The number of aromatic nitrogens is 1. The van der Waals surface area contributed by atoms with E-state index in [0.29, 0.717) is 10.8 Å². The van der Waals surface area contributed by atoms with Gasteiger partial charge in [0.15, 0.2) is 6.61 Å². The lowest BCUT2D eigenvalue weighted by molar-refractivity contribution is -0.118. The van der Waals surface area contributed by atoms with Crippen LogP contribution in [0.25, 0.3) is 10.2 Å². The molecule has 0 bridgehead atoms. The third kappa shape index (κ3) is 4.02. The predicted octanol–water partition coefficient (Wildman–Crippen LogP) is 5.04. The molecule has 0 aliphatic rings. The first-order valence-corrected chi connectivity index (χ1v) is 8.75. The molecule has 1 heterocycles. The number of thiazole rings is 1. The molecule has 0 aliphatic carbocycles. The highest BCUT2D eigenvalue weighted by Gasteiger charge is 2.08. The summed E-state index contributed by atoms with van der Waals surface area (Å²) in [5, 5.41) is 4.26. The number of ether oxygens (including phenoxy) is 1. The summed E-state index contributed by atoms with van der Waals surface area (Å²) < 4.78 is 7.34. The number of rotatable bonds is 4. The van der Waals surface area contributed by atoms with Gasteiger partial charge < -0.3 is 10.1 Å². The number of aryl methyl sites for hydroxylation is 1. The minimum atomic E-state index is -0.246.